The molecule has 0 saturated carbocycles. The summed E-state index contributed by atoms with van der Waals surface area (Å²) >= 11 is 0. The van der Waals surface area contributed by atoms with E-state index in [1.165, 1.54) is 6.92 Å². The fourth-order valence-corrected chi connectivity index (χ4v) is 1.53. The predicted molar refractivity (Wildman–Crippen MR) is 70.9 cm³/mol. The summed E-state index contributed by atoms with van der Waals surface area (Å²) in [6.07, 6.45) is 0.999. The molecule has 100 valence electrons. The van der Waals surface area contributed by atoms with Crippen molar-refractivity contribution in [1.29, 1.82) is 0 Å². The Morgan fingerprint density at radius 3 is 2.67 bits per heavy atom. The second-order valence-electron chi connectivity index (χ2n) is 4.86. The Bertz CT molecular complexity index is 415. The summed E-state index contributed by atoms with van der Waals surface area (Å²) in [7, 11) is 0. The first-order chi connectivity index (χ1) is 8.38. The van der Waals surface area contributed by atoms with Crippen molar-refractivity contribution in [3.63, 3.8) is 0 Å². The van der Waals surface area contributed by atoms with E-state index in [1.54, 1.807) is 0 Å². The van der Waals surface area contributed by atoms with E-state index in [-0.39, 0.29) is 6.61 Å². The summed E-state index contributed by atoms with van der Waals surface area (Å²) in [6, 6.07) is 7.67. The highest BCUT2D eigenvalue weighted by atomic mass is 16.5. The third kappa shape index (κ3) is 3.47. The van der Waals surface area contributed by atoms with Crippen molar-refractivity contribution in [1.82, 2.24) is 0 Å². The normalized spacial score (nSPS) is 15.8. The van der Waals surface area contributed by atoms with Gasteiger partial charge in [-0.1, -0.05) is 32.0 Å². The second-order valence-corrected chi connectivity index (χ2v) is 4.86. The van der Waals surface area contributed by atoms with Gasteiger partial charge in [0.2, 0.25) is 0 Å². The van der Waals surface area contributed by atoms with Crippen LogP contribution in [0.15, 0.2) is 24.3 Å². The monoisotopic (exact) mass is 251 g/mol. The van der Waals surface area contributed by atoms with Gasteiger partial charge in [0.1, 0.15) is 17.9 Å². The van der Waals surface area contributed by atoms with Gasteiger partial charge in [0, 0.05) is 0 Å². The number of hydrogen-bond acceptors (Lipinski definition) is 3. The van der Waals surface area contributed by atoms with Crippen LogP contribution in [-0.2, 0) is 4.79 Å². The number of rotatable bonds is 6. The van der Waals surface area contributed by atoms with E-state index in [1.807, 2.05) is 24.3 Å². The zero-order chi connectivity index (χ0) is 13.8. The lowest BCUT2D eigenvalue weighted by Gasteiger charge is -2.22. The Labute approximate surface area is 108 Å². The van der Waals surface area contributed by atoms with Crippen molar-refractivity contribution in [2.75, 3.05) is 6.61 Å². The molecule has 0 bridgehead atoms. The average molecular weight is 251 g/mol. The van der Waals surface area contributed by atoms with Crippen LogP contribution in [0.5, 0.6) is 5.75 Å². The van der Waals surface area contributed by atoms with Gasteiger partial charge in [-0.3, -0.25) is 4.79 Å². The molecule has 0 heterocycles. The van der Waals surface area contributed by atoms with Crippen LogP contribution in [0.3, 0.4) is 0 Å². The molecule has 4 nitrogen and oxygen atoms in total. The van der Waals surface area contributed by atoms with E-state index in [9.17, 15) is 4.79 Å². The molecule has 0 saturated heterocycles. The maximum absolute atomic E-state index is 10.9. The van der Waals surface area contributed by atoms with Gasteiger partial charge in [-0.05, 0) is 30.9 Å². The van der Waals surface area contributed by atoms with Gasteiger partial charge in [-0.15, -0.1) is 0 Å². The van der Waals surface area contributed by atoms with Crippen LogP contribution in [-0.4, -0.2) is 23.2 Å². The zero-order valence-corrected chi connectivity index (χ0v) is 11.1. The summed E-state index contributed by atoms with van der Waals surface area (Å²) < 4.78 is 5.58. The number of carboxylic acids is 1. The number of nitrogens with two attached hydrogens (primary N) is 1. The van der Waals surface area contributed by atoms with Gasteiger partial charge in [0.25, 0.3) is 0 Å². The van der Waals surface area contributed by atoms with Gasteiger partial charge < -0.3 is 15.6 Å². The van der Waals surface area contributed by atoms with Crippen LogP contribution in [0.1, 0.15) is 38.7 Å². The maximum Gasteiger partial charge on any atom is 0.326 e. The third-order valence-corrected chi connectivity index (χ3v) is 3.08. The van der Waals surface area contributed by atoms with E-state index in [0.717, 1.165) is 12.0 Å². The van der Waals surface area contributed by atoms with Crippen LogP contribution in [0.2, 0.25) is 0 Å². The molecule has 0 aromatic heterocycles. The first-order valence-electron chi connectivity index (χ1n) is 6.12. The summed E-state index contributed by atoms with van der Waals surface area (Å²) in [5.41, 5.74) is 5.35. The van der Waals surface area contributed by atoms with Crippen molar-refractivity contribution in [2.24, 2.45) is 5.73 Å². The molecule has 1 rings (SSSR count). The van der Waals surface area contributed by atoms with Gasteiger partial charge in [0.15, 0.2) is 0 Å². The lowest BCUT2D eigenvalue weighted by Crippen LogP contribution is -2.50. The highest BCUT2D eigenvalue weighted by molar-refractivity contribution is 5.78. The van der Waals surface area contributed by atoms with Crippen LogP contribution < -0.4 is 10.5 Å². The molecule has 0 fully saturated rings. The molecule has 0 aliphatic heterocycles. The second kappa shape index (κ2) is 5.87. The smallest absolute Gasteiger partial charge is 0.326 e. The zero-order valence-electron chi connectivity index (χ0n) is 11.1. The summed E-state index contributed by atoms with van der Waals surface area (Å²) in [5.74, 6) is 0.0170. The van der Waals surface area contributed by atoms with E-state index >= 15 is 0 Å². The molecule has 0 spiro atoms. The number of ether oxygens (including phenoxy) is 1. The molecular weight excluding hydrogens is 230 g/mol. The van der Waals surface area contributed by atoms with Gasteiger partial charge in [0.05, 0.1) is 0 Å². The van der Waals surface area contributed by atoms with E-state index in [4.69, 9.17) is 15.6 Å². The lowest BCUT2D eigenvalue weighted by molar-refractivity contribution is -0.143. The minimum absolute atomic E-state index is 0.0459. The molecule has 2 unspecified atom stereocenters. The maximum atomic E-state index is 10.9. The Balaban J connectivity index is 2.82. The molecule has 1 aromatic carbocycles. The fraction of sp³-hybridized carbons (Fsp3) is 0.500. The van der Waals surface area contributed by atoms with Crippen molar-refractivity contribution in [2.45, 2.75) is 38.6 Å². The molecule has 0 amide bonds. The predicted octanol–water partition coefficient (Wildman–Crippen LogP) is 2.38. The van der Waals surface area contributed by atoms with Crippen molar-refractivity contribution < 1.29 is 14.6 Å². The molecule has 2 atom stereocenters. The number of para-hydroxylation sites is 1. The fourth-order valence-electron chi connectivity index (χ4n) is 1.53. The van der Waals surface area contributed by atoms with Crippen molar-refractivity contribution in [3.8, 4) is 5.75 Å². The Morgan fingerprint density at radius 2 is 2.11 bits per heavy atom. The minimum atomic E-state index is -1.37. The highest BCUT2D eigenvalue weighted by Gasteiger charge is 2.29. The van der Waals surface area contributed by atoms with Crippen LogP contribution in [0.4, 0.5) is 0 Å². The SMILES string of the molecule is CCC(C)c1ccccc1OCC(C)(N)C(=O)O. The molecule has 0 aliphatic carbocycles. The molecule has 4 heteroatoms. The minimum Gasteiger partial charge on any atom is -0.491 e. The number of aliphatic carboxylic acids is 1. The van der Waals surface area contributed by atoms with Crippen LogP contribution in [0.25, 0.3) is 0 Å². The molecular formula is C14H21NO3. The molecule has 18 heavy (non-hydrogen) atoms. The molecule has 0 aliphatic rings. The summed E-state index contributed by atoms with van der Waals surface area (Å²) in [6.45, 7) is 5.61. The number of benzene rings is 1. The summed E-state index contributed by atoms with van der Waals surface area (Å²) in [5, 5.41) is 8.94. The Morgan fingerprint density at radius 1 is 1.50 bits per heavy atom. The van der Waals surface area contributed by atoms with Crippen molar-refractivity contribution in [3.05, 3.63) is 29.8 Å². The van der Waals surface area contributed by atoms with Crippen LogP contribution >= 0.6 is 0 Å². The number of carboxylic acid groups (broad SMARTS) is 1. The summed E-state index contributed by atoms with van der Waals surface area (Å²) in [4.78, 5) is 10.9. The van der Waals surface area contributed by atoms with Crippen LogP contribution in [0, 0.1) is 0 Å². The van der Waals surface area contributed by atoms with Crippen molar-refractivity contribution >= 4 is 5.97 Å². The van der Waals surface area contributed by atoms with E-state index < -0.39 is 11.5 Å². The average Bonchev–Trinajstić information content (AvgIpc) is 2.35. The highest BCUT2D eigenvalue weighted by Crippen LogP contribution is 2.28. The van der Waals surface area contributed by atoms with Gasteiger partial charge in [-0.2, -0.15) is 0 Å². The third-order valence-electron chi connectivity index (χ3n) is 3.08. The Hall–Kier alpha value is -1.55. The van der Waals surface area contributed by atoms with Gasteiger partial charge >= 0.3 is 5.97 Å². The quantitative estimate of drug-likeness (QED) is 0.814. The van der Waals surface area contributed by atoms with Gasteiger partial charge in [-0.25, -0.2) is 0 Å². The van der Waals surface area contributed by atoms with E-state index in [0.29, 0.717) is 11.7 Å². The molecule has 1 aromatic rings. The number of carbonyl (C=O) groups is 1. The molecule has 3 N–H and O–H groups in total. The molecule has 0 radical (unpaired) electrons. The first kappa shape index (κ1) is 14.5. The lowest BCUT2D eigenvalue weighted by atomic mass is 9.97. The largest absolute Gasteiger partial charge is 0.491 e. The standard InChI is InChI=1S/C14H21NO3/c1-4-10(2)11-7-5-6-8-12(11)18-9-14(3,15)13(16)17/h5-8,10H,4,9,15H2,1-3H3,(H,16,17). The van der Waals surface area contributed by atoms with E-state index in [2.05, 4.69) is 13.8 Å². The topological polar surface area (TPSA) is 72.5 Å². The number of hydrogen-bond donors (Lipinski definition) is 2. The Kier molecular flexibility index (Phi) is 4.73. The first-order valence-corrected chi connectivity index (χ1v) is 6.12.